The summed E-state index contributed by atoms with van der Waals surface area (Å²) >= 11 is 4.51. The minimum absolute atomic E-state index is 0.248. The lowest BCUT2D eigenvalue weighted by atomic mass is 10.0. The Kier molecular flexibility index (Phi) is 6.35. The summed E-state index contributed by atoms with van der Waals surface area (Å²) in [6.45, 7) is 4.91. The molecule has 0 aliphatic rings. The lowest BCUT2D eigenvalue weighted by Gasteiger charge is -2.20. The molecule has 3 N–H and O–H groups in total. The quantitative estimate of drug-likeness (QED) is 0.705. The van der Waals surface area contributed by atoms with Crippen LogP contribution >= 0.6 is 27.3 Å². The summed E-state index contributed by atoms with van der Waals surface area (Å²) in [5.74, 6) is -2.24. The number of hydrogen-bond acceptors (Lipinski definition) is 4. The van der Waals surface area contributed by atoms with Gasteiger partial charge in [0.1, 0.15) is 12.1 Å². The highest BCUT2D eigenvalue weighted by atomic mass is 79.9. The van der Waals surface area contributed by atoms with Crippen LogP contribution < -0.4 is 10.6 Å². The summed E-state index contributed by atoms with van der Waals surface area (Å²) in [7, 11) is 0. The van der Waals surface area contributed by atoms with Gasteiger partial charge in [-0.3, -0.25) is 9.59 Å². The van der Waals surface area contributed by atoms with Crippen LogP contribution in [0.3, 0.4) is 0 Å². The second kappa shape index (κ2) is 7.56. The van der Waals surface area contributed by atoms with Crippen molar-refractivity contribution in [3.63, 3.8) is 0 Å². The third-order valence-corrected chi connectivity index (χ3v) is 4.39. The number of thiophene rings is 1. The van der Waals surface area contributed by atoms with Crippen molar-refractivity contribution >= 4 is 45.1 Å². The fraction of sp³-hybridized carbons (Fsp3) is 0.462. The summed E-state index contributed by atoms with van der Waals surface area (Å²) < 4.78 is 0.815. The van der Waals surface area contributed by atoms with Gasteiger partial charge in [0.25, 0.3) is 5.91 Å². The van der Waals surface area contributed by atoms with Crippen LogP contribution in [0.4, 0.5) is 0 Å². The van der Waals surface area contributed by atoms with E-state index in [0.29, 0.717) is 4.88 Å². The Morgan fingerprint density at radius 2 is 1.81 bits per heavy atom. The standard InChI is InChI=1S/C13H17BrN2O4S/c1-6(2)10(13(19)20)16-11(17)7(3)15-12(18)8-4-5-9(14)21-8/h4-7,10H,1-3H3,(H,15,18)(H,16,17)(H,19,20). The Labute approximate surface area is 135 Å². The highest BCUT2D eigenvalue weighted by molar-refractivity contribution is 9.11. The molecule has 116 valence electrons. The first kappa shape index (κ1) is 17.6. The van der Waals surface area contributed by atoms with Crippen molar-refractivity contribution in [3.8, 4) is 0 Å². The van der Waals surface area contributed by atoms with Gasteiger partial charge in [-0.25, -0.2) is 4.79 Å². The Morgan fingerprint density at radius 1 is 1.19 bits per heavy atom. The summed E-state index contributed by atoms with van der Waals surface area (Å²) in [6, 6.07) is 1.58. The SMILES string of the molecule is CC(NC(=O)c1ccc(Br)s1)C(=O)NC(C(=O)O)C(C)C. The molecule has 0 saturated carbocycles. The van der Waals surface area contributed by atoms with Crippen LogP contribution in [0.2, 0.25) is 0 Å². The summed E-state index contributed by atoms with van der Waals surface area (Å²) in [4.78, 5) is 35.4. The molecule has 0 aromatic carbocycles. The maximum Gasteiger partial charge on any atom is 0.326 e. The zero-order chi connectivity index (χ0) is 16.2. The normalized spacial score (nSPS) is 13.6. The molecule has 0 saturated heterocycles. The van der Waals surface area contributed by atoms with Gasteiger partial charge in [0, 0.05) is 0 Å². The summed E-state index contributed by atoms with van der Waals surface area (Å²) in [5.41, 5.74) is 0. The first-order chi connectivity index (χ1) is 9.72. The van der Waals surface area contributed by atoms with E-state index in [9.17, 15) is 14.4 Å². The van der Waals surface area contributed by atoms with E-state index in [1.807, 2.05) is 0 Å². The van der Waals surface area contributed by atoms with Crippen molar-refractivity contribution in [1.29, 1.82) is 0 Å². The van der Waals surface area contributed by atoms with Gasteiger partial charge < -0.3 is 15.7 Å². The number of hydrogen-bond donors (Lipinski definition) is 3. The molecule has 2 amide bonds. The zero-order valence-electron chi connectivity index (χ0n) is 11.8. The molecule has 2 unspecified atom stereocenters. The summed E-state index contributed by atoms with van der Waals surface area (Å²) in [6.07, 6.45) is 0. The first-order valence-corrected chi connectivity index (χ1v) is 7.92. The number of carbonyl (C=O) groups excluding carboxylic acids is 2. The number of amides is 2. The van der Waals surface area contributed by atoms with Crippen LogP contribution in [0, 0.1) is 5.92 Å². The van der Waals surface area contributed by atoms with Crippen LogP contribution in [0.1, 0.15) is 30.4 Å². The van der Waals surface area contributed by atoms with Gasteiger partial charge in [-0.2, -0.15) is 0 Å². The van der Waals surface area contributed by atoms with Crippen molar-refractivity contribution in [2.24, 2.45) is 5.92 Å². The lowest BCUT2D eigenvalue weighted by Crippen LogP contribution is -2.51. The van der Waals surface area contributed by atoms with Gasteiger partial charge in [0.05, 0.1) is 8.66 Å². The molecule has 0 spiro atoms. The van der Waals surface area contributed by atoms with Crippen molar-refractivity contribution in [2.75, 3.05) is 0 Å². The first-order valence-electron chi connectivity index (χ1n) is 6.31. The number of aliphatic carboxylic acids is 1. The molecule has 8 heteroatoms. The molecule has 2 atom stereocenters. The second-order valence-electron chi connectivity index (χ2n) is 4.87. The molecule has 0 radical (unpaired) electrons. The Hall–Kier alpha value is -1.41. The van der Waals surface area contributed by atoms with E-state index in [1.54, 1.807) is 26.0 Å². The van der Waals surface area contributed by atoms with E-state index in [1.165, 1.54) is 18.3 Å². The van der Waals surface area contributed by atoms with E-state index in [0.717, 1.165) is 3.79 Å². The van der Waals surface area contributed by atoms with E-state index in [2.05, 4.69) is 26.6 Å². The predicted molar refractivity (Wildman–Crippen MR) is 83.4 cm³/mol. The van der Waals surface area contributed by atoms with Crippen molar-refractivity contribution < 1.29 is 19.5 Å². The van der Waals surface area contributed by atoms with Crippen LogP contribution in [0.25, 0.3) is 0 Å². The monoisotopic (exact) mass is 376 g/mol. The summed E-state index contributed by atoms with van der Waals surface area (Å²) in [5, 5.41) is 14.0. The Balaban J connectivity index is 2.62. The molecular formula is C13H17BrN2O4S. The number of carboxylic acid groups (broad SMARTS) is 1. The molecule has 6 nitrogen and oxygen atoms in total. The molecule has 1 heterocycles. The molecular weight excluding hydrogens is 360 g/mol. The minimum atomic E-state index is -1.10. The van der Waals surface area contributed by atoms with Gasteiger partial charge in [-0.15, -0.1) is 11.3 Å². The Morgan fingerprint density at radius 3 is 2.24 bits per heavy atom. The van der Waals surface area contributed by atoms with E-state index >= 15 is 0 Å². The second-order valence-corrected chi connectivity index (χ2v) is 7.33. The molecule has 1 aromatic heterocycles. The van der Waals surface area contributed by atoms with Gasteiger partial charge in [-0.05, 0) is 40.9 Å². The van der Waals surface area contributed by atoms with Gasteiger partial charge in [0.15, 0.2) is 0 Å². The van der Waals surface area contributed by atoms with Gasteiger partial charge in [-0.1, -0.05) is 13.8 Å². The van der Waals surface area contributed by atoms with Gasteiger partial charge in [0.2, 0.25) is 5.91 Å². The zero-order valence-corrected chi connectivity index (χ0v) is 14.2. The molecule has 1 aromatic rings. The Bertz CT molecular complexity index is 544. The van der Waals surface area contributed by atoms with Crippen molar-refractivity contribution in [2.45, 2.75) is 32.9 Å². The molecule has 0 fully saturated rings. The third kappa shape index (κ3) is 5.13. The van der Waals surface area contributed by atoms with Gasteiger partial charge >= 0.3 is 5.97 Å². The highest BCUT2D eigenvalue weighted by Crippen LogP contribution is 2.21. The minimum Gasteiger partial charge on any atom is -0.480 e. The fourth-order valence-electron chi connectivity index (χ4n) is 1.56. The molecule has 0 bridgehead atoms. The fourth-order valence-corrected chi connectivity index (χ4v) is 2.85. The van der Waals surface area contributed by atoms with Crippen molar-refractivity contribution in [3.05, 3.63) is 20.8 Å². The molecule has 0 aliphatic carbocycles. The average molecular weight is 377 g/mol. The maximum atomic E-state index is 11.9. The molecule has 1 rings (SSSR count). The lowest BCUT2D eigenvalue weighted by molar-refractivity contribution is -0.143. The van der Waals surface area contributed by atoms with Crippen molar-refractivity contribution in [1.82, 2.24) is 10.6 Å². The van der Waals surface area contributed by atoms with E-state index in [4.69, 9.17) is 5.11 Å². The highest BCUT2D eigenvalue weighted by Gasteiger charge is 2.26. The van der Waals surface area contributed by atoms with Crippen LogP contribution in [-0.4, -0.2) is 35.0 Å². The van der Waals surface area contributed by atoms with Crippen LogP contribution in [0.15, 0.2) is 15.9 Å². The number of rotatable bonds is 6. The van der Waals surface area contributed by atoms with E-state index in [-0.39, 0.29) is 11.8 Å². The number of carbonyl (C=O) groups is 3. The van der Waals surface area contributed by atoms with Crippen LogP contribution in [0.5, 0.6) is 0 Å². The molecule has 0 aliphatic heterocycles. The smallest absolute Gasteiger partial charge is 0.326 e. The topological polar surface area (TPSA) is 95.5 Å². The maximum absolute atomic E-state index is 11.9. The number of carboxylic acids is 1. The van der Waals surface area contributed by atoms with E-state index < -0.39 is 24.0 Å². The molecule has 21 heavy (non-hydrogen) atoms. The largest absolute Gasteiger partial charge is 0.480 e. The predicted octanol–water partition coefficient (Wildman–Crippen LogP) is 1.85. The number of nitrogens with one attached hydrogen (secondary N) is 2. The number of halogens is 1. The van der Waals surface area contributed by atoms with Crippen LogP contribution in [-0.2, 0) is 9.59 Å². The average Bonchev–Trinajstić information content (AvgIpc) is 2.81. The third-order valence-electron chi connectivity index (χ3n) is 2.77.